The Balaban J connectivity index is 1.84. The van der Waals surface area contributed by atoms with Gasteiger partial charge >= 0.3 is 0 Å². The van der Waals surface area contributed by atoms with E-state index in [4.69, 9.17) is 5.73 Å². The van der Waals surface area contributed by atoms with Gasteiger partial charge in [0.05, 0.1) is 18.3 Å². The predicted molar refractivity (Wildman–Crippen MR) is 74.1 cm³/mol. The topological polar surface area (TPSA) is 102 Å². The van der Waals surface area contributed by atoms with Crippen molar-refractivity contribution in [1.29, 1.82) is 0 Å². The van der Waals surface area contributed by atoms with Gasteiger partial charge in [0.15, 0.2) is 0 Å². The lowest BCUT2D eigenvalue weighted by molar-refractivity contribution is -0.120. The van der Waals surface area contributed by atoms with Crippen LogP contribution in [0.5, 0.6) is 0 Å². The number of nitrogens with one attached hydrogen (secondary N) is 2. The van der Waals surface area contributed by atoms with E-state index in [-0.39, 0.29) is 18.4 Å². The van der Waals surface area contributed by atoms with E-state index in [2.05, 4.69) is 15.7 Å². The van der Waals surface area contributed by atoms with E-state index in [0.717, 1.165) is 25.0 Å². The molecule has 2 amide bonds. The zero-order chi connectivity index (χ0) is 14.5. The molecule has 7 heteroatoms. The number of rotatable bonds is 7. The monoisotopic (exact) mass is 279 g/mol. The number of aromatic nitrogens is 2. The third-order valence-corrected chi connectivity index (χ3v) is 3.27. The Morgan fingerprint density at radius 3 is 2.90 bits per heavy atom. The number of carbonyl (C=O) groups excluding carboxylic acids is 2. The van der Waals surface area contributed by atoms with E-state index in [1.807, 2.05) is 6.92 Å². The fraction of sp³-hybridized carbons (Fsp3) is 0.615. The maximum atomic E-state index is 12.0. The average molecular weight is 279 g/mol. The molecule has 0 aliphatic heterocycles. The lowest BCUT2D eigenvalue weighted by atomic mass is 10.2. The summed E-state index contributed by atoms with van der Waals surface area (Å²) >= 11 is 0. The minimum atomic E-state index is -0.271. The van der Waals surface area contributed by atoms with Gasteiger partial charge in [0.2, 0.25) is 5.91 Å². The molecule has 1 aliphatic carbocycles. The molecular formula is C13H21N5O2. The molecule has 1 aliphatic rings. The van der Waals surface area contributed by atoms with Gasteiger partial charge in [-0.3, -0.25) is 14.3 Å². The van der Waals surface area contributed by atoms with Gasteiger partial charge in [0.1, 0.15) is 0 Å². The quantitative estimate of drug-likeness (QED) is 0.629. The molecule has 0 spiro atoms. The Bertz CT molecular complexity index is 493. The summed E-state index contributed by atoms with van der Waals surface area (Å²) in [7, 11) is 0. The van der Waals surface area contributed by atoms with Gasteiger partial charge in [-0.25, -0.2) is 0 Å². The van der Waals surface area contributed by atoms with Crippen LogP contribution < -0.4 is 16.4 Å². The highest BCUT2D eigenvalue weighted by Gasteiger charge is 2.23. The molecule has 1 heterocycles. The number of nitrogens with two attached hydrogens (primary N) is 1. The smallest absolute Gasteiger partial charge is 0.255 e. The fourth-order valence-corrected chi connectivity index (χ4v) is 1.90. The van der Waals surface area contributed by atoms with E-state index in [9.17, 15) is 9.59 Å². The summed E-state index contributed by atoms with van der Waals surface area (Å²) in [5, 5.41) is 9.59. The van der Waals surface area contributed by atoms with Crippen molar-refractivity contribution in [2.24, 2.45) is 5.73 Å². The van der Waals surface area contributed by atoms with Crippen LogP contribution in [0.2, 0.25) is 0 Å². The maximum absolute atomic E-state index is 12.0. The van der Waals surface area contributed by atoms with Gasteiger partial charge in [0.25, 0.3) is 5.91 Å². The summed E-state index contributed by atoms with van der Waals surface area (Å²) in [6, 6.07) is 0.306. The zero-order valence-corrected chi connectivity index (χ0v) is 11.7. The van der Waals surface area contributed by atoms with Crippen LogP contribution in [-0.2, 0) is 11.3 Å². The van der Waals surface area contributed by atoms with Crippen molar-refractivity contribution in [2.75, 3.05) is 13.1 Å². The first kappa shape index (κ1) is 14.5. The van der Waals surface area contributed by atoms with Crippen LogP contribution in [0, 0.1) is 6.92 Å². The standard InChI is InChI=1S/C13H21N5O2/c1-9-11(7-16-18(9)6-2-5-14)13(20)15-8-12(19)17-10-3-4-10/h7,10H,2-6,8,14H2,1H3,(H,15,20)(H,17,19). The van der Waals surface area contributed by atoms with Crippen LogP contribution in [-0.4, -0.2) is 40.7 Å². The van der Waals surface area contributed by atoms with Crippen molar-refractivity contribution in [2.45, 2.75) is 38.8 Å². The fourth-order valence-electron chi connectivity index (χ4n) is 1.90. The molecule has 1 aromatic heterocycles. The third kappa shape index (κ3) is 3.80. The first-order valence-corrected chi connectivity index (χ1v) is 6.92. The van der Waals surface area contributed by atoms with Crippen LogP contribution in [0.25, 0.3) is 0 Å². The summed E-state index contributed by atoms with van der Waals surface area (Å²) in [6.45, 7) is 3.12. The number of amides is 2. The van der Waals surface area contributed by atoms with Crippen LogP contribution in [0.3, 0.4) is 0 Å². The molecule has 1 saturated carbocycles. The van der Waals surface area contributed by atoms with Crippen molar-refractivity contribution in [1.82, 2.24) is 20.4 Å². The van der Waals surface area contributed by atoms with Crippen molar-refractivity contribution in [3.63, 3.8) is 0 Å². The van der Waals surface area contributed by atoms with Gasteiger partial charge in [-0.2, -0.15) is 5.10 Å². The molecule has 1 aromatic rings. The SMILES string of the molecule is Cc1c(C(=O)NCC(=O)NC2CC2)cnn1CCCN. The third-order valence-electron chi connectivity index (χ3n) is 3.27. The summed E-state index contributed by atoms with van der Waals surface area (Å²) in [4.78, 5) is 23.5. The van der Waals surface area contributed by atoms with E-state index in [0.29, 0.717) is 24.7 Å². The van der Waals surface area contributed by atoms with E-state index < -0.39 is 0 Å². The lowest BCUT2D eigenvalue weighted by Crippen LogP contribution is -2.37. The molecule has 1 fully saturated rings. The predicted octanol–water partition coefficient (Wildman–Crippen LogP) is -0.451. The molecule has 2 rings (SSSR count). The molecule has 0 bridgehead atoms. The molecule has 0 radical (unpaired) electrons. The number of carbonyl (C=O) groups is 2. The van der Waals surface area contributed by atoms with Crippen LogP contribution in [0.1, 0.15) is 35.3 Å². The molecule has 110 valence electrons. The Kier molecular flexibility index (Phi) is 4.73. The largest absolute Gasteiger partial charge is 0.352 e. The molecule has 0 unspecified atom stereocenters. The first-order valence-electron chi connectivity index (χ1n) is 6.92. The van der Waals surface area contributed by atoms with Gasteiger partial charge in [-0.15, -0.1) is 0 Å². The normalized spacial score (nSPS) is 14.1. The van der Waals surface area contributed by atoms with Crippen LogP contribution in [0.15, 0.2) is 6.20 Å². The number of nitrogens with zero attached hydrogens (tertiary/aromatic N) is 2. The summed E-state index contributed by atoms with van der Waals surface area (Å²) in [5.41, 5.74) is 6.75. The van der Waals surface area contributed by atoms with Gasteiger partial charge in [0, 0.05) is 18.3 Å². The van der Waals surface area contributed by atoms with Crippen molar-refractivity contribution in [3.05, 3.63) is 17.5 Å². The van der Waals surface area contributed by atoms with E-state index >= 15 is 0 Å². The Morgan fingerprint density at radius 2 is 2.25 bits per heavy atom. The minimum absolute atomic E-state index is 0.00273. The Morgan fingerprint density at radius 1 is 1.50 bits per heavy atom. The van der Waals surface area contributed by atoms with E-state index in [1.165, 1.54) is 6.20 Å². The second kappa shape index (κ2) is 6.51. The highest BCUT2D eigenvalue weighted by atomic mass is 16.2. The van der Waals surface area contributed by atoms with E-state index in [1.54, 1.807) is 4.68 Å². The Labute approximate surface area is 117 Å². The highest BCUT2D eigenvalue weighted by molar-refractivity contribution is 5.97. The van der Waals surface area contributed by atoms with Crippen LogP contribution >= 0.6 is 0 Å². The van der Waals surface area contributed by atoms with Crippen molar-refractivity contribution >= 4 is 11.8 Å². The summed E-state index contributed by atoms with van der Waals surface area (Å²) in [6.07, 6.45) is 4.41. The number of hydrogen-bond donors (Lipinski definition) is 3. The number of hydrogen-bond acceptors (Lipinski definition) is 4. The first-order chi connectivity index (χ1) is 9.61. The molecule has 0 saturated heterocycles. The minimum Gasteiger partial charge on any atom is -0.352 e. The molecule has 4 N–H and O–H groups in total. The van der Waals surface area contributed by atoms with Gasteiger partial charge in [-0.1, -0.05) is 0 Å². The number of aryl methyl sites for hydroxylation is 1. The van der Waals surface area contributed by atoms with Gasteiger partial charge < -0.3 is 16.4 Å². The molecule has 0 aromatic carbocycles. The zero-order valence-electron chi connectivity index (χ0n) is 11.7. The van der Waals surface area contributed by atoms with Gasteiger partial charge in [-0.05, 0) is 32.7 Å². The highest BCUT2D eigenvalue weighted by Crippen LogP contribution is 2.18. The summed E-state index contributed by atoms with van der Waals surface area (Å²) < 4.78 is 1.76. The molecule has 7 nitrogen and oxygen atoms in total. The summed E-state index contributed by atoms with van der Waals surface area (Å²) in [5.74, 6) is -0.415. The molecular weight excluding hydrogens is 258 g/mol. The second-order valence-corrected chi connectivity index (χ2v) is 5.03. The van der Waals surface area contributed by atoms with Crippen molar-refractivity contribution < 1.29 is 9.59 Å². The lowest BCUT2D eigenvalue weighted by Gasteiger charge is -2.06. The second-order valence-electron chi connectivity index (χ2n) is 5.03. The molecule has 20 heavy (non-hydrogen) atoms. The van der Waals surface area contributed by atoms with Crippen LogP contribution in [0.4, 0.5) is 0 Å². The van der Waals surface area contributed by atoms with Crippen molar-refractivity contribution in [3.8, 4) is 0 Å². The molecule has 0 atom stereocenters. The maximum Gasteiger partial charge on any atom is 0.255 e. The Hall–Kier alpha value is -1.89. The average Bonchev–Trinajstić information content (AvgIpc) is 3.16.